The average molecular weight is 393 g/mol. The van der Waals surface area contributed by atoms with Crippen molar-refractivity contribution in [1.82, 2.24) is 9.88 Å². The van der Waals surface area contributed by atoms with Crippen molar-refractivity contribution in [2.45, 2.75) is 32.3 Å². The molecule has 29 heavy (non-hydrogen) atoms. The minimum Gasteiger partial charge on any atom is -0.478 e. The quantitative estimate of drug-likeness (QED) is 0.807. The van der Waals surface area contributed by atoms with Crippen molar-refractivity contribution in [2.75, 3.05) is 18.4 Å². The number of carbonyl (C=O) groups is 3. The Balaban J connectivity index is 1.41. The zero-order valence-electron chi connectivity index (χ0n) is 16.3. The maximum Gasteiger partial charge on any atom is 0.265 e. The molecule has 7 heteroatoms. The molecule has 1 aromatic carbocycles. The third-order valence-electron chi connectivity index (χ3n) is 5.52. The number of anilines is 1. The summed E-state index contributed by atoms with van der Waals surface area (Å²) in [4.78, 5) is 43.3. The highest BCUT2D eigenvalue weighted by Crippen LogP contribution is 2.33. The van der Waals surface area contributed by atoms with Crippen molar-refractivity contribution in [1.29, 1.82) is 0 Å². The smallest absolute Gasteiger partial charge is 0.265 e. The van der Waals surface area contributed by atoms with Crippen molar-refractivity contribution in [3.8, 4) is 5.75 Å². The van der Waals surface area contributed by atoms with E-state index in [1.807, 2.05) is 6.92 Å². The van der Waals surface area contributed by atoms with Crippen LogP contribution in [0.2, 0.25) is 0 Å². The second-order valence-electron chi connectivity index (χ2n) is 7.39. The lowest BCUT2D eigenvalue weighted by Crippen LogP contribution is -2.40. The third kappa shape index (κ3) is 3.85. The molecule has 1 N–H and O–H groups in total. The molecule has 150 valence electrons. The van der Waals surface area contributed by atoms with E-state index in [1.165, 1.54) is 0 Å². The Kier molecular flexibility index (Phi) is 5.29. The number of ketones is 1. The first-order valence-electron chi connectivity index (χ1n) is 9.92. The van der Waals surface area contributed by atoms with Crippen molar-refractivity contribution in [2.24, 2.45) is 5.92 Å². The van der Waals surface area contributed by atoms with Gasteiger partial charge in [0.25, 0.3) is 11.8 Å². The van der Waals surface area contributed by atoms with Crippen molar-refractivity contribution in [3.63, 3.8) is 0 Å². The number of benzene rings is 1. The van der Waals surface area contributed by atoms with Gasteiger partial charge in [0.05, 0.1) is 11.3 Å². The second kappa shape index (κ2) is 8.03. The number of aromatic nitrogens is 1. The zero-order valence-corrected chi connectivity index (χ0v) is 16.3. The summed E-state index contributed by atoms with van der Waals surface area (Å²) in [5.41, 5.74) is 1.66. The van der Waals surface area contributed by atoms with Crippen LogP contribution in [0.15, 0.2) is 42.7 Å². The van der Waals surface area contributed by atoms with Crippen molar-refractivity contribution >= 4 is 23.3 Å². The lowest BCUT2D eigenvalue weighted by Gasteiger charge is -2.31. The van der Waals surface area contributed by atoms with Crippen LogP contribution in [-0.4, -0.2) is 46.7 Å². The number of rotatable bonds is 4. The van der Waals surface area contributed by atoms with Gasteiger partial charge in [-0.1, -0.05) is 6.92 Å². The number of pyridine rings is 1. The summed E-state index contributed by atoms with van der Waals surface area (Å²) in [5, 5.41) is 2.82. The summed E-state index contributed by atoms with van der Waals surface area (Å²) in [6.07, 6.45) is 4.52. The Bertz CT molecular complexity index is 936. The molecular formula is C22H23N3O4. The van der Waals surface area contributed by atoms with Crippen LogP contribution in [0.4, 0.5) is 5.69 Å². The number of amides is 2. The first-order valence-corrected chi connectivity index (χ1v) is 9.92. The topological polar surface area (TPSA) is 88.6 Å². The van der Waals surface area contributed by atoms with Gasteiger partial charge in [-0.2, -0.15) is 0 Å². The van der Waals surface area contributed by atoms with E-state index in [2.05, 4.69) is 10.3 Å². The predicted octanol–water partition coefficient (Wildman–Crippen LogP) is 2.93. The molecule has 2 aromatic rings. The fourth-order valence-electron chi connectivity index (χ4n) is 3.82. The van der Waals surface area contributed by atoms with Gasteiger partial charge in [0.2, 0.25) is 0 Å². The summed E-state index contributed by atoms with van der Waals surface area (Å²) in [6.45, 7) is 2.96. The van der Waals surface area contributed by atoms with Gasteiger partial charge in [-0.05, 0) is 49.6 Å². The Morgan fingerprint density at radius 2 is 2.00 bits per heavy atom. The maximum atomic E-state index is 13.0. The van der Waals surface area contributed by atoms with Gasteiger partial charge < -0.3 is 15.0 Å². The Labute approximate surface area is 169 Å². The van der Waals surface area contributed by atoms with E-state index < -0.39 is 6.10 Å². The molecule has 4 rings (SSSR count). The highest BCUT2D eigenvalue weighted by molar-refractivity contribution is 6.02. The van der Waals surface area contributed by atoms with Crippen LogP contribution in [0.1, 0.15) is 46.9 Å². The first kappa shape index (κ1) is 19.1. The molecule has 1 aromatic heterocycles. The predicted molar refractivity (Wildman–Crippen MR) is 107 cm³/mol. The number of carbonyl (C=O) groups excluding carboxylic acids is 3. The van der Waals surface area contributed by atoms with Crippen LogP contribution in [0.5, 0.6) is 5.75 Å². The summed E-state index contributed by atoms with van der Waals surface area (Å²) >= 11 is 0. The number of Topliss-reactive ketones (excluding diaryl/α,β-unsaturated/α-hetero) is 1. The highest BCUT2D eigenvalue weighted by Gasteiger charge is 2.30. The molecule has 0 bridgehead atoms. The van der Waals surface area contributed by atoms with Gasteiger partial charge >= 0.3 is 0 Å². The highest BCUT2D eigenvalue weighted by atomic mass is 16.5. The van der Waals surface area contributed by atoms with Gasteiger partial charge in [-0.3, -0.25) is 19.4 Å². The van der Waals surface area contributed by atoms with Gasteiger partial charge in [0.1, 0.15) is 5.75 Å². The monoisotopic (exact) mass is 393 g/mol. The van der Waals surface area contributed by atoms with Crippen molar-refractivity contribution in [3.05, 3.63) is 53.9 Å². The zero-order chi connectivity index (χ0) is 20.4. The van der Waals surface area contributed by atoms with E-state index in [-0.39, 0.29) is 23.5 Å². The number of piperidine rings is 1. The standard InChI is InChI=1S/C22H23N3O4/c1-2-18-21(27)24-17-12-15(5-6-19(17)29-18)20(26)14-7-10-25(11-8-14)22(28)16-4-3-9-23-13-16/h3-6,9,12-14,18H,2,7-8,10-11H2,1H3,(H,24,27). The maximum absolute atomic E-state index is 13.0. The molecule has 2 amide bonds. The van der Waals surface area contributed by atoms with Crippen LogP contribution >= 0.6 is 0 Å². The van der Waals surface area contributed by atoms with Crippen LogP contribution in [-0.2, 0) is 4.79 Å². The number of hydrogen-bond acceptors (Lipinski definition) is 5. The SMILES string of the molecule is CCC1Oc2ccc(C(=O)C3CCN(C(=O)c4cccnc4)CC3)cc2NC1=O. The van der Waals surface area contributed by atoms with Crippen molar-refractivity contribution < 1.29 is 19.1 Å². The van der Waals surface area contributed by atoms with Gasteiger partial charge in [0, 0.05) is 37.0 Å². The Morgan fingerprint density at radius 1 is 1.21 bits per heavy atom. The van der Waals surface area contributed by atoms with E-state index in [0.717, 1.165) is 0 Å². The fourth-order valence-corrected chi connectivity index (χ4v) is 3.82. The van der Waals surface area contributed by atoms with Crippen LogP contribution in [0.3, 0.4) is 0 Å². The molecule has 2 aliphatic heterocycles. The number of hydrogen-bond donors (Lipinski definition) is 1. The van der Waals surface area contributed by atoms with E-state index >= 15 is 0 Å². The normalized spacial score (nSPS) is 19.1. The molecule has 0 radical (unpaired) electrons. The van der Waals surface area contributed by atoms with Crippen LogP contribution < -0.4 is 10.1 Å². The fraction of sp³-hybridized carbons (Fsp3) is 0.364. The molecule has 0 saturated carbocycles. The van der Waals surface area contributed by atoms with E-state index in [4.69, 9.17) is 4.74 Å². The first-order chi connectivity index (χ1) is 14.1. The lowest BCUT2D eigenvalue weighted by molar-refractivity contribution is -0.123. The third-order valence-corrected chi connectivity index (χ3v) is 5.52. The number of likely N-dealkylation sites (tertiary alicyclic amines) is 1. The second-order valence-corrected chi connectivity index (χ2v) is 7.39. The largest absolute Gasteiger partial charge is 0.478 e. The average Bonchev–Trinajstić information content (AvgIpc) is 2.78. The summed E-state index contributed by atoms with van der Waals surface area (Å²) < 4.78 is 5.68. The molecule has 0 aliphatic carbocycles. The van der Waals surface area contributed by atoms with E-state index in [0.29, 0.717) is 54.9 Å². The number of fused-ring (bicyclic) bond motifs is 1. The van der Waals surface area contributed by atoms with Gasteiger partial charge in [-0.15, -0.1) is 0 Å². The molecule has 7 nitrogen and oxygen atoms in total. The Morgan fingerprint density at radius 3 is 2.69 bits per heavy atom. The van der Waals surface area contributed by atoms with Crippen LogP contribution in [0.25, 0.3) is 0 Å². The minimum absolute atomic E-state index is 0.0353. The number of nitrogens with one attached hydrogen (secondary N) is 1. The molecule has 1 unspecified atom stereocenters. The summed E-state index contributed by atoms with van der Waals surface area (Å²) in [5.74, 6) is 0.238. The minimum atomic E-state index is -0.495. The van der Waals surface area contributed by atoms with Crippen LogP contribution in [0, 0.1) is 5.92 Å². The lowest BCUT2D eigenvalue weighted by atomic mass is 9.88. The molecule has 0 spiro atoms. The number of nitrogens with zero attached hydrogens (tertiary/aromatic N) is 2. The molecule has 3 heterocycles. The molecule has 1 fully saturated rings. The molecular weight excluding hydrogens is 370 g/mol. The van der Waals surface area contributed by atoms with Gasteiger partial charge in [-0.25, -0.2) is 0 Å². The molecule has 1 saturated heterocycles. The molecule has 2 aliphatic rings. The molecule has 1 atom stereocenters. The van der Waals surface area contributed by atoms with Gasteiger partial charge in [0.15, 0.2) is 11.9 Å². The summed E-state index contributed by atoms with van der Waals surface area (Å²) in [6, 6.07) is 8.67. The summed E-state index contributed by atoms with van der Waals surface area (Å²) in [7, 11) is 0. The number of ether oxygens (including phenoxy) is 1. The Hall–Kier alpha value is -3.22. The van der Waals surface area contributed by atoms with E-state index in [1.54, 1.807) is 47.6 Å². The van der Waals surface area contributed by atoms with E-state index in [9.17, 15) is 14.4 Å².